The molecule has 16 heavy (non-hydrogen) atoms. The molecule has 1 aliphatic rings. The van der Waals surface area contributed by atoms with E-state index < -0.39 is 13.2 Å². The number of hydrogen-bond acceptors (Lipinski definition) is 4. The van der Waals surface area contributed by atoms with E-state index in [1.807, 2.05) is 13.8 Å². The number of nitrogens with zero attached hydrogens (tertiary/aromatic N) is 2. The minimum absolute atomic E-state index is 0.0371. The van der Waals surface area contributed by atoms with Gasteiger partial charge >= 0.3 is 13.2 Å². The molecule has 0 radical (unpaired) electrons. The van der Waals surface area contributed by atoms with E-state index in [0.717, 1.165) is 4.68 Å². The van der Waals surface area contributed by atoms with Gasteiger partial charge in [-0.25, -0.2) is 4.79 Å². The Hall–Kier alpha value is -1.34. The first-order chi connectivity index (χ1) is 7.49. The third-order valence-electron chi connectivity index (χ3n) is 2.35. The summed E-state index contributed by atoms with van der Waals surface area (Å²) in [5, 5.41) is 12.6. The van der Waals surface area contributed by atoms with Crippen LogP contribution in [-0.4, -0.2) is 41.3 Å². The minimum atomic E-state index is -1.14. The molecule has 1 saturated heterocycles. The van der Waals surface area contributed by atoms with Gasteiger partial charge in [0.15, 0.2) is 0 Å². The Kier molecular flexibility index (Phi) is 2.73. The number of aromatic nitrogens is 2. The summed E-state index contributed by atoms with van der Waals surface area (Å²) in [5.74, 6) is 0. The smallest absolute Gasteiger partial charge is 0.463 e. The second-order valence-corrected chi connectivity index (χ2v) is 4.57. The van der Waals surface area contributed by atoms with Crippen molar-refractivity contribution in [3.8, 4) is 0 Å². The Balaban J connectivity index is 2.14. The monoisotopic (exact) mass is 224 g/mol. The standard InChI is InChI=1S/C9H13BN2O4/c1-9(2)5-15-10(16-6-9)7-3-4-11-12(7)8(13)14/h3-4H,5-6H2,1-2H3,(H,13,14). The summed E-state index contributed by atoms with van der Waals surface area (Å²) in [6, 6.07) is 1.58. The highest BCUT2D eigenvalue weighted by molar-refractivity contribution is 6.61. The number of rotatable bonds is 1. The highest BCUT2D eigenvalue weighted by Crippen LogP contribution is 2.21. The van der Waals surface area contributed by atoms with E-state index in [1.54, 1.807) is 6.07 Å². The largest absolute Gasteiger partial charge is 0.513 e. The lowest BCUT2D eigenvalue weighted by Crippen LogP contribution is -2.50. The Labute approximate surface area is 93.3 Å². The molecule has 1 fully saturated rings. The third kappa shape index (κ3) is 2.10. The Bertz CT molecular complexity index is 394. The number of hydrogen-bond donors (Lipinski definition) is 1. The maximum atomic E-state index is 10.8. The van der Waals surface area contributed by atoms with Gasteiger partial charge in [-0.3, -0.25) is 0 Å². The van der Waals surface area contributed by atoms with Crippen molar-refractivity contribution in [3.63, 3.8) is 0 Å². The zero-order valence-electron chi connectivity index (χ0n) is 9.21. The maximum absolute atomic E-state index is 10.8. The van der Waals surface area contributed by atoms with Crippen molar-refractivity contribution in [2.24, 2.45) is 5.41 Å². The van der Waals surface area contributed by atoms with Crippen LogP contribution >= 0.6 is 0 Å². The Morgan fingerprint density at radius 3 is 2.75 bits per heavy atom. The van der Waals surface area contributed by atoms with Gasteiger partial charge in [-0.15, -0.1) is 0 Å². The molecule has 2 rings (SSSR count). The molecule has 1 N–H and O–H groups in total. The second kappa shape index (κ2) is 3.91. The topological polar surface area (TPSA) is 73.6 Å². The van der Waals surface area contributed by atoms with E-state index in [2.05, 4.69) is 5.10 Å². The summed E-state index contributed by atoms with van der Waals surface area (Å²) in [7, 11) is -0.647. The molecule has 1 aromatic heterocycles. The molecule has 86 valence electrons. The summed E-state index contributed by atoms with van der Waals surface area (Å²) < 4.78 is 11.8. The van der Waals surface area contributed by atoms with Crippen molar-refractivity contribution in [2.75, 3.05) is 13.2 Å². The molecule has 0 spiro atoms. The van der Waals surface area contributed by atoms with Gasteiger partial charge < -0.3 is 14.4 Å². The van der Waals surface area contributed by atoms with Crippen molar-refractivity contribution < 1.29 is 19.2 Å². The summed E-state index contributed by atoms with van der Waals surface area (Å²) >= 11 is 0. The van der Waals surface area contributed by atoms with Gasteiger partial charge in [-0.05, 0) is 6.07 Å². The lowest BCUT2D eigenvalue weighted by molar-refractivity contribution is 0.0336. The molecule has 1 aliphatic heterocycles. The predicted octanol–water partition coefficient (Wildman–Crippen LogP) is 0.177. The molecule has 0 bridgehead atoms. The van der Waals surface area contributed by atoms with Crippen molar-refractivity contribution in [1.29, 1.82) is 0 Å². The van der Waals surface area contributed by atoms with Gasteiger partial charge in [0.25, 0.3) is 0 Å². The van der Waals surface area contributed by atoms with Crippen LogP contribution in [0.5, 0.6) is 0 Å². The molecule has 0 aliphatic carbocycles. The van der Waals surface area contributed by atoms with Crippen LogP contribution in [0.15, 0.2) is 12.3 Å². The van der Waals surface area contributed by atoms with Gasteiger partial charge in [0, 0.05) is 24.8 Å². The van der Waals surface area contributed by atoms with E-state index in [0.29, 0.717) is 18.8 Å². The zero-order valence-corrected chi connectivity index (χ0v) is 9.21. The molecule has 0 aromatic carbocycles. The molecule has 0 atom stereocenters. The fourth-order valence-electron chi connectivity index (χ4n) is 1.51. The van der Waals surface area contributed by atoms with Crippen LogP contribution in [0.2, 0.25) is 0 Å². The van der Waals surface area contributed by atoms with Crippen LogP contribution < -0.4 is 5.59 Å². The summed E-state index contributed by atoms with van der Waals surface area (Å²) in [6.45, 7) is 5.11. The summed E-state index contributed by atoms with van der Waals surface area (Å²) in [6.07, 6.45) is 0.271. The van der Waals surface area contributed by atoms with Crippen molar-refractivity contribution in [1.82, 2.24) is 9.78 Å². The minimum Gasteiger partial charge on any atom is -0.463 e. The van der Waals surface area contributed by atoms with Crippen LogP contribution in [-0.2, 0) is 9.31 Å². The fraction of sp³-hybridized carbons (Fsp3) is 0.556. The van der Waals surface area contributed by atoms with Crippen LogP contribution in [0.1, 0.15) is 13.8 Å². The molecule has 0 saturated carbocycles. The molecule has 7 heteroatoms. The first kappa shape index (κ1) is 11.2. The van der Waals surface area contributed by atoms with E-state index in [4.69, 9.17) is 14.4 Å². The van der Waals surface area contributed by atoms with Crippen LogP contribution in [0.4, 0.5) is 4.79 Å². The molecule has 0 amide bonds. The third-order valence-corrected chi connectivity index (χ3v) is 2.35. The molecule has 2 heterocycles. The van der Waals surface area contributed by atoms with E-state index in [9.17, 15) is 4.79 Å². The summed E-state index contributed by atoms with van der Waals surface area (Å²) in [5.41, 5.74) is 0.368. The average Bonchev–Trinajstić information content (AvgIpc) is 2.66. The highest BCUT2D eigenvalue weighted by atomic mass is 16.6. The Morgan fingerprint density at radius 1 is 1.56 bits per heavy atom. The van der Waals surface area contributed by atoms with Gasteiger partial charge in [0.05, 0.1) is 5.59 Å². The summed E-state index contributed by atoms with van der Waals surface area (Å²) in [4.78, 5) is 10.8. The van der Waals surface area contributed by atoms with E-state index in [1.165, 1.54) is 6.20 Å². The van der Waals surface area contributed by atoms with Crippen LogP contribution in [0.25, 0.3) is 0 Å². The van der Waals surface area contributed by atoms with E-state index >= 15 is 0 Å². The molecular formula is C9H13BN2O4. The SMILES string of the molecule is CC1(C)COB(c2ccnn2C(=O)O)OC1. The quantitative estimate of drug-likeness (QED) is 0.688. The molecular weight excluding hydrogens is 211 g/mol. The van der Waals surface area contributed by atoms with E-state index in [-0.39, 0.29) is 5.41 Å². The number of carboxylic acid groups (broad SMARTS) is 1. The van der Waals surface area contributed by atoms with Crippen molar-refractivity contribution in [2.45, 2.75) is 13.8 Å². The first-order valence-corrected chi connectivity index (χ1v) is 5.00. The highest BCUT2D eigenvalue weighted by Gasteiger charge is 2.36. The fourth-order valence-corrected chi connectivity index (χ4v) is 1.51. The average molecular weight is 224 g/mol. The lowest BCUT2D eigenvalue weighted by Gasteiger charge is -2.32. The van der Waals surface area contributed by atoms with Crippen LogP contribution in [0.3, 0.4) is 0 Å². The second-order valence-electron chi connectivity index (χ2n) is 4.57. The normalized spacial score (nSPS) is 19.8. The van der Waals surface area contributed by atoms with Gasteiger partial charge in [0.1, 0.15) is 0 Å². The molecule has 1 aromatic rings. The van der Waals surface area contributed by atoms with Crippen LogP contribution in [0, 0.1) is 5.41 Å². The number of carbonyl (C=O) groups is 1. The van der Waals surface area contributed by atoms with Crippen molar-refractivity contribution >= 4 is 18.8 Å². The first-order valence-electron chi connectivity index (χ1n) is 5.00. The predicted molar refractivity (Wildman–Crippen MR) is 56.7 cm³/mol. The van der Waals surface area contributed by atoms with Gasteiger partial charge in [0.2, 0.25) is 0 Å². The van der Waals surface area contributed by atoms with Gasteiger partial charge in [-0.2, -0.15) is 9.78 Å². The zero-order chi connectivity index (χ0) is 11.8. The molecule has 0 unspecified atom stereocenters. The van der Waals surface area contributed by atoms with Gasteiger partial charge in [-0.1, -0.05) is 13.8 Å². The maximum Gasteiger partial charge on any atom is 0.513 e. The Morgan fingerprint density at radius 2 is 2.19 bits per heavy atom. The molecule has 6 nitrogen and oxygen atoms in total. The van der Waals surface area contributed by atoms with Crippen molar-refractivity contribution in [3.05, 3.63) is 12.3 Å². The lowest BCUT2D eigenvalue weighted by atomic mass is 9.80.